The van der Waals surface area contributed by atoms with Crippen molar-refractivity contribution in [2.24, 2.45) is 0 Å². The zero-order valence-electron chi connectivity index (χ0n) is 11.9. The summed E-state index contributed by atoms with van der Waals surface area (Å²) in [5, 5.41) is 9.02. The van der Waals surface area contributed by atoms with Crippen molar-refractivity contribution in [3.63, 3.8) is 0 Å². The van der Waals surface area contributed by atoms with Crippen LogP contribution in [0.15, 0.2) is 16.6 Å². The first-order chi connectivity index (χ1) is 9.30. The first-order valence-electron chi connectivity index (χ1n) is 6.49. The second-order valence-corrected chi connectivity index (χ2v) is 6.72. The average molecular weight is 337 g/mol. The zero-order valence-corrected chi connectivity index (χ0v) is 13.5. The Labute approximate surface area is 127 Å². The molecule has 0 saturated heterocycles. The molecule has 5 heteroatoms. The summed E-state index contributed by atoms with van der Waals surface area (Å²) in [7, 11) is 0. The van der Waals surface area contributed by atoms with Crippen molar-refractivity contribution in [3.8, 4) is 6.07 Å². The highest BCUT2D eigenvalue weighted by atomic mass is 79.9. The molecule has 1 aromatic carbocycles. The number of nitrogens with zero attached hydrogens (tertiary/aromatic N) is 2. The van der Waals surface area contributed by atoms with Crippen molar-refractivity contribution >= 4 is 22.0 Å². The summed E-state index contributed by atoms with van der Waals surface area (Å²) in [4.78, 5) is 13.8. The van der Waals surface area contributed by atoms with Crippen molar-refractivity contribution in [1.82, 2.24) is 4.90 Å². The van der Waals surface area contributed by atoms with Crippen LogP contribution in [0.5, 0.6) is 0 Å². The molecule has 4 nitrogen and oxygen atoms in total. The lowest BCUT2D eigenvalue weighted by atomic mass is 9.98. The largest absolute Gasteiger partial charge is 0.444 e. The van der Waals surface area contributed by atoms with Gasteiger partial charge in [-0.3, -0.25) is 0 Å². The van der Waals surface area contributed by atoms with Gasteiger partial charge < -0.3 is 9.64 Å². The van der Waals surface area contributed by atoms with Crippen molar-refractivity contribution < 1.29 is 9.53 Å². The minimum Gasteiger partial charge on any atom is -0.444 e. The lowest BCUT2D eigenvalue weighted by Crippen LogP contribution is -2.39. The van der Waals surface area contributed by atoms with Gasteiger partial charge in [-0.15, -0.1) is 0 Å². The predicted octanol–water partition coefficient (Wildman–Crippen LogP) is 3.61. The molecule has 0 bridgehead atoms. The highest BCUT2D eigenvalue weighted by molar-refractivity contribution is 9.10. The van der Waals surface area contributed by atoms with E-state index in [4.69, 9.17) is 10.00 Å². The SMILES string of the molecule is CC(C)(C)OC(=O)N1CCc2cc(C#N)c(Br)cc2C1. The standard InChI is InChI=1S/C15H17BrN2O2/c1-15(2,3)20-14(19)18-5-4-10-6-11(8-17)13(16)7-12(10)9-18/h6-7H,4-5,9H2,1-3H3. The number of carbonyl (C=O) groups excluding carboxylic acids is 1. The molecule has 20 heavy (non-hydrogen) atoms. The van der Waals surface area contributed by atoms with Gasteiger partial charge in [0, 0.05) is 17.6 Å². The Hall–Kier alpha value is -1.54. The molecule has 1 heterocycles. The quantitative estimate of drug-likeness (QED) is 0.727. The molecule has 1 aliphatic heterocycles. The summed E-state index contributed by atoms with van der Waals surface area (Å²) in [6.45, 7) is 6.72. The van der Waals surface area contributed by atoms with Crippen molar-refractivity contribution in [3.05, 3.63) is 33.3 Å². The van der Waals surface area contributed by atoms with Gasteiger partial charge in [0.05, 0.1) is 5.56 Å². The zero-order chi connectivity index (χ0) is 14.9. The van der Waals surface area contributed by atoms with E-state index in [0.717, 1.165) is 22.0 Å². The van der Waals surface area contributed by atoms with E-state index in [2.05, 4.69) is 22.0 Å². The van der Waals surface area contributed by atoms with Gasteiger partial charge in [0.2, 0.25) is 0 Å². The van der Waals surface area contributed by atoms with Crippen LogP contribution in [0, 0.1) is 11.3 Å². The van der Waals surface area contributed by atoms with E-state index in [9.17, 15) is 4.79 Å². The molecule has 0 radical (unpaired) electrons. The Morgan fingerprint density at radius 2 is 2.10 bits per heavy atom. The van der Waals surface area contributed by atoms with Crippen molar-refractivity contribution in [2.75, 3.05) is 6.54 Å². The first kappa shape index (κ1) is 14.9. The fraction of sp³-hybridized carbons (Fsp3) is 0.467. The third-order valence-electron chi connectivity index (χ3n) is 3.07. The van der Waals surface area contributed by atoms with E-state index in [1.807, 2.05) is 32.9 Å². The molecule has 0 unspecified atom stereocenters. The maximum atomic E-state index is 12.1. The molecule has 2 rings (SSSR count). The number of carbonyl (C=O) groups is 1. The average Bonchev–Trinajstić information content (AvgIpc) is 2.35. The maximum absolute atomic E-state index is 12.1. The van der Waals surface area contributed by atoms with Gasteiger partial charge >= 0.3 is 6.09 Å². The number of amides is 1. The van der Waals surface area contributed by atoms with Crippen molar-refractivity contribution in [1.29, 1.82) is 5.26 Å². The maximum Gasteiger partial charge on any atom is 0.410 e. The van der Waals surface area contributed by atoms with Gasteiger partial charge in [0.25, 0.3) is 0 Å². The molecule has 0 fully saturated rings. The van der Waals surface area contributed by atoms with Crippen LogP contribution in [-0.2, 0) is 17.7 Å². The number of hydrogen-bond acceptors (Lipinski definition) is 3. The number of benzene rings is 1. The molecule has 0 N–H and O–H groups in total. The topological polar surface area (TPSA) is 53.3 Å². The molecule has 0 spiro atoms. The van der Waals surface area contributed by atoms with Crippen molar-refractivity contribution in [2.45, 2.75) is 39.3 Å². The van der Waals surface area contributed by atoms with Crippen LogP contribution < -0.4 is 0 Å². The summed E-state index contributed by atoms with van der Waals surface area (Å²) in [6.07, 6.45) is 0.458. The van der Waals surface area contributed by atoms with Gasteiger partial charge in [-0.25, -0.2) is 4.79 Å². The molecular weight excluding hydrogens is 320 g/mol. The Balaban J connectivity index is 2.17. The molecule has 1 aromatic rings. The monoisotopic (exact) mass is 336 g/mol. The summed E-state index contributed by atoms with van der Waals surface area (Å²) >= 11 is 3.38. The first-order valence-corrected chi connectivity index (χ1v) is 7.29. The summed E-state index contributed by atoms with van der Waals surface area (Å²) in [5.74, 6) is 0. The number of halogens is 1. The minimum atomic E-state index is -0.484. The number of nitriles is 1. The molecule has 0 saturated carbocycles. The molecular formula is C15H17BrN2O2. The predicted molar refractivity (Wildman–Crippen MR) is 79.2 cm³/mol. The van der Waals surface area contributed by atoms with Crippen LogP contribution in [0.4, 0.5) is 4.79 Å². The highest BCUT2D eigenvalue weighted by Gasteiger charge is 2.26. The third kappa shape index (κ3) is 3.31. The van der Waals surface area contributed by atoms with Gasteiger partial charge in [-0.05, 0) is 66.4 Å². The number of ether oxygens (including phenoxy) is 1. The van der Waals surface area contributed by atoms with Crippen LogP contribution in [0.1, 0.15) is 37.5 Å². The molecule has 0 aromatic heterocycles. The fourth-order valence-corrected chi connectivity index (χ4v) is 2.63. The molecule has 0 aliphatic carbocycles. The summed E-state index contributed by atoms with van der Waals surface area (Å²) < 4.78 is 6.16. The lowest BCUT2D eigenvalue weighted by molar-refractivity contribution is 0.0224. The number of fused-ring (bicyclic) bond motifs is 1. The molecule has 1 aliphatic rings. The molecule has 0 atom stereocenters. The van der Waals surface area contributed by atoms with E-state index in [1.54, 1.807) is 4.90 Å². The highest BCUT2D eigenvalue weighted by Crippen LogP contribution is 2.27. The van der Waals surface area contributed by atoms with Gasteiger partial charge in [-0.2, -0.15) is 5.26 Å². The van der Waals surface area contributed by atoms with Gasteiger partial charge in [-0.1, -0.05) is 0 Å². The second-order valence-electron chi connectivity index (χ2n) is 5.86. The van der Waals surface area contributed by atoms with E-state index >= 15 is 0 Å². The fourth-order valence-electron chi connectivity index (χ4n) is 2.15. The Morgan fingerprint density at radius 3 is 2.70 bits per heavy atom. The smallest absolute Gasteiger partial charge is 0.410 e. The Bertz CT molecular complexity index is 585. The van der Waals surface area contributed by atoms with Gasteiger partial charge in [0.1, 0.15) is 11.7 Å². The molecule has 1 amide bonds. The van der Waals surface area contributed by atoms with Crippen LogP contribution >= 0.6 is 15.9 Å². The van der Waals surface area contributed by atoms with E-state index in [1.165, 1.54) is 0 Å². The van der Waals surface area contributed by atoms with Gasteiger partial charge in [0.15, 0.2) is 0 Å². The van der Waals surface area contributed by atoms with E-state index in [0.29, 0.717) is 18.7 Å². The van der Waals surface area contributed by atoms with Crippen LogP contribution in [0.2, 0.25) is 0 Å². The summed E-state index contributed by atoms with van der Waals surface area (Å²) in [5.41, 5.74) is 2.34. The Morgan fingerprint density at radius 1 is 1.40 bits per heavy atom. The second kappa shape index (κ2) is 5.45. The van der Waals surface area contributed by atoms with E-state index < -0.39 is 5.60 Å². The molecule has 106 valence electrons. The van der Waals surface area contributed by atoms with Crippen LogP contribution in [0.25, 0.3) is 0 Å². The number of hydrogen-bond donors (Lipinski definition) is 0. The lowest BCUT2D eigenvalue weighted by Gasteiger charge is -2.31. The Kier molecular flexibility index (Phi) is 4.05. The van der Waals surface area contributed by atoms with Crippen LogP contribution in [0.3, 0.4) is 0 Å². The van der Waals surface area contributed by atoms with E-state index in [-0.39, 0.29) is 6.09 Å². The number of rotatable bonds is 0. The van der Waals surface area contributed by atoms with Crippen LogP contribution in [-0.4, -0.2) is 23.1 Å². The third-order valence-corrected chi connectivity index (χ3v) is 3.73. The summed E-state index contributed by atoms with van der Waals surface area (Å²) in [6, 6.07) is 5.97. The minimum absolute atomic E-state index is 0.288. The normalized spacial score (nSPS) is 14.4.